The third-order valence-electron chi connectivity index (χ3n) is 11.5. The monoisotopic (exact) mass is 636 g/mol. The number of aliphatic hydroxyl groups is 3. The zero-order chi connectivity index (χ0) is 33.2. The van der Waals surface area contributed by atoms with Crippen LogP contribution >= 0.6 is 0 Å². The summed E-state index contributed by atoms with van der Waals surface area (Å²) in [5, 5.41) is 45.8. The number of Topliss-reactive ketones (excluding diaryl/α,β-unsaturated/α-hetero) is 2. The van der Waals surface area contributed by atoms with Crippen LogP contribution in [-0.4, -0.2) is 80.6 Å². The molecule has 0 aliphatic heterocycles. The molecular formula is C35H44N2O9. The molecule has 8 atom stereocenters. The van der Waals surface area contributed by atoms with Crippen LogP contribution in [0, 0.1) is 29.6 Å². The zero-order valence-corrected chi connectivity index (χ0v) is 26.6. The maximum Gasteiger partial charge on any atom is 0.306 e. The van der Waals surface area contributed by atoms with E-state index in [4.69, 9.17) is 10.5 Å². The van der Waals surface area contributed by atoms with Crippen LogP contribution < -0.4 is 5.73 Å². The van der Waals surface area contributed by atoms with E-state index in [-0.39, 0.29) is 23.3 Å². The summed E-state index contributed by atoms with van der Waals surface area (Å²) >= 11 is 0. The van der Waals surface area contributed by atoms with Gasteiger partial charge in [0, 0.05) is 17.9 Å². The Balaban J connectivity index is 1.39. The van der Waals surface area contributed by atoms with Crippen molar-refractivity contribution in [2.75, 3.05) is 14.1 Å². The van der Waals surface area contributed by atoms with Gasteiger partial charge in [-0.2, -0.15) is 0 Å². The van der Waals surface area contributed by atoms with Gasteiger partial charge in [-0.15, -0.1) is 0 Å². The maximum atomic E-state index is 14.0. The quantitative estimate of drug-likeness (QED) is 0.219. The molecule has 2 bridgehead atoms. The molecule has 0 aromatic heterocycles. The first-order valence-corrected chi connectivity index (χ1v) is 16.4. The fourth-order valence-electron chi connectivity index (χ4n) is 9.55. The van der Waals surface area contributed by atoms with Crippen LogP contribution in [0.15, 0.2) is 40.9 Å². The van der Waals surface area contributed by atoms with Crippen molar-refractivity contribution in [3.63, 3.8) is 0 Å². The lowest BCUT2D eigenvalue weighted by Crippen LogP contribution is -2.69. The summed E-state index contributed by atoms with van der Waals surface area (Å²) in [6, 6.07) is 3.24. The Labute approximate surface area is 268 Å². The van der Waals surface area contributed by atoms with Gasteiger partial charge in [-0.05, 0) is 81.5 Å². The number of rotatable bonds is 7. The SMILES string of the molecule is C[C@H]1c2cccc(O)c2C(=O)C2=C(O)[C@]3(O)C(=O)C(C(N)=O)=C(O)[C@@H](N(C)C)[C@@H]3[C@@H](OC(=O)CCCC3CC4CCCC(C3)C4)[C@@H]21. The molecule has 2 fully saturated rings. The van der Waals surface area contributed by atoms with Gasteiger partial charge in [-0.25, -0.2) is 0 Å². The number of ether oxygens (including phenoxy) is 1. The van der Waals surface area contributed by atoms with Crippen molar-refractivity contribution in [2.45, 2.75) is 88.4 Å². The molecule has 248 valence electrons. The smallest absolute Gasteiger partial charge is 0.306 e. The van der Waals surface area contributed by atoms with E-state index in [2.05, 4.69) is 0 Å². The number of likely N-dealkylation sites (N-methyl/N-ethyl adjacent to an activating group) is 1. The summed E-state index contributed by atoms with van der Waals surface area (Å²) in [5.41, 5.74) is 1.58. The van der Waals surface area contributed by atoms with Crippen LogP contribution in [-0.2, 0) is 19.1 Å². The minimum Gasteiger partial charge on any atom is -0.510 e. The number of hydrogen-bond acceptors (Lipinski definition) is 10. The van der Waals surface area contributed by atoms with E-state index in [1.807, 2.05) is 0 Å². The lowest BCUT2D eigenvalue weighted by atomic mass is 9.55. The molecule has 0 spiro atoms. The maximum absolute atomic E-state index is 14.0. The van der Waals surface area contributed by atoms with Gasteiger partial charge in [0.2, 0.25) is 5.78 Å². The van der Waals surface area contributed by atoms with Gasteiger partial charge in [0.05, 0.1) is 17.5 Å². The second kappa shape index (κ2) is 11.8. The third-order valence-corrected chi connectivity index (χ3v) is 11.5. The van der Waals surface area contributed by atoms with Crippen molar-refractivity contribution in [1.29, 1.82) is 0 Å². The predicted molar refractivity (Wildman–Crippen MR) is 166 cm³/mol. The molecule has 0 radical (unpaired) electrons. The Morgan fingerprint density at radius 1 is 1.07 bits per heavy atom. The van der Waals surface area contributed by atoms with Gasteiger partial charge >= 0.3 is 5.97 Å². The Bertz CT molecular complexity index is 1530. The van der Waals surface area contributed by atoms with Gasteiger partial charge in [0.1, 0.15) is 28.9 Å². The van der Waals surface area contributed by atoms with E-state index in [0.29, 0.717) is 17.9 Å². The van der Waals surface area contributed by atoms with E-state index in [0.717, 1.165) is 18.3 Å². The highest BCUT2D eigenvalue weighted by atomic mass is 16.5. The summed E-state index contributed by atoms with van der Waals surface area (Å²) in [7, 11) is 3.07. The highest BCUT2D eigenvalue weighted by Crippen LogP contribution is 2.56. The molecule has 1 aromatic rings. The van der Waals surface area contributed by atoms with Gasteiger partial charge in [-0.1, -0.05) is 38.3 Å². The van der Waals surface area contributed by atoms with E-state index >= 15 is 0 Å². The Morgan fingerprint density at radius 2 is 1.74 bits per heavy atom. The number of esters is 1. The average Bonchev–Trinajstić information content (AvgIpc) is 2.98. The molecule has 2 unspecified atom stereocenters. The summed E-state index contributed by atoms with van der Waals surface area (Å²) < 4.78 is 6.16. The van der Waals surface area contributed by atoms with Crippen molar-refractivity contribution in [3.8, 4) is 5.75 Å². The first-order valence-electron chi connectivity index (χ1n) is 16.4. The summed E-state index contributed by atoms with van der Waals surface area (Å²) in [6.45, 7) is 1.74. The van der Waals surface area contributed by atoms with Crippen molar-refractivity contribution >= 4 is 23.4 Å². The molecule has 46 heavy (non-hydrogen) atoms. The Morgan fingerprint density at radius 3 is 2.37 bits per heavy atom. The number of aromatic hydroxyl groups is 1. The minimum absolute atomic E-state index is 0.0693. The molecule has 11 heteroatoms. The molecule has 0 heterocycles. The first-order chi connectivity index (χ1) is 21.8. The van der Waals surface area contributed by atoms with E-state index < -0.39 is 76.0 Å². The van der Waals surface area contributed by atoms with E-state index in [1.165, 1.54) is 63.6 Å². The number of hydrogen-bond donors (Lipinski definition) is 5. The molecule has 5 aliphatic rings. The van der Waals surface area contributed by atoms with Gasteiger partial charge in [-0.3, -0.25) is 24.1 Å². The van der Waals surface area contributed by atoms with E-state index in [9.17, 15) is 39.6 Å². The number of aliphatic hydroxyl groups excluding tert-OH is 2. The van der Waals surface area contributed by atoms with Crippen molar-refractivity contribution in [3.05, 3.63) is 52.0 Å². The van der Waals surface area contributed by atoms with Gasteiger partial charge < -0.3 is 30.9 Å². The van der Waals surface area contributed by atoms with Crippen LogP contribution in [0.3, 0.4) is 0 Å². The van der Waals surface area contributed by atoms with Crippen LogP contribution in [0.1, 0.15) is 86.6 Å². The van der Waals surface area contributed by atoms with Crippen LogP contribution in [0.2, 0.25) is 0 Å². The third kappa shape index (κ3) is 4.94. The molecule has 6 rings (SSSR count). The van der Waals surface area contributed by atoms with Crippen molar-refractivity contribution < 1.29 is 44.3 Å². The van der Waals surface area contributed by atoms with Gasteiger partial charge in [0.15, 0.2) is 11.4 Å². The van der Waals surface area contributed by atoms with Crippen molar-refractivity contribution in [1.82, 2.24) is 4.90 Å². The molecule has 2 saturated carbocycles. The van der Waals surface area contributed by atoms with Crippen LogP contribution in [0.5, 0.6) is 5.75 Å². The van der Waals surface area contributed by atoms with Crippen molar-refractivity contribution in [2.24, 2.45) is 35.3 Å². The second-order valence-electron chi connectivity index (χ2n) is 14.4. The number of carbonyl (C=O) groups excluding carboxylic acids is 4. The largest absolute Gasteiger partial charge is 0.510 e. The summed E-state index contributed by atoms with van der Waals surface area (Å²) in [4.78, 5) is 55.4. The van der Waals surface area contributed by atoms with Crippen LogP contribution in [0.4, 0.5) is 0 Å². The number of primary amides is 1. The first kappa shape index (κ1) is 32.2. The molecule has 0 saturated heterocycles. The number of benzene rings is 1. The number of phenolic OH excluding ortho intramolecular Hbond substituents is 1. The van der Waals surface area contributed by atoms with E-state index in [1.54, 1.807) is 19.1 Å². The lowest BCUT2D eigenvalue weighted by molar-refractivity contribution is -0.181. The standard InChI is InChI=1S/C35H44N2O9/c1-16-20-10-6-11-21(38)24(20)29(40)25-23(16)31(46-22(39)12-5-9-19-14-17-7-4-8-18(13-17)15-19)27-28(37(2)3)30(41)26(34(36)44)33(43)35(27,45)32(25)42/h6,10-11,16-19,23,27-28,31,38,41-42,45H,4-5,7-9,12-15H2,1-3H3,(H2,36,44)/t16-,17?,18?,19?,23+,27+,28-,31-,35-/m0/s1. The zero-order valence-electron chi connectivity index (χ0n) is 26.6. The predicted octanol–water partition coefficient (Wildman–Crippen LogP) is 3.59. The number of phenols is 1. The highest BCUT2D eigenvalue weighted by Gasteiger charge is 2.68. The summed E-state index contributed by atoms with van der Waals surface area (Å²) in [5.74, 6) is -7.36. The normalized spacial score (nSPS) is 35.4. The topological polar surface area (TPSA) is 188 Å². The number of nitrogens with zero attached hydrogens (tertiary/aromatic N) is 1. The fourth-order valence-corrected chi connectivity index (χ4v) is 9.55. The fraction of sp³-hybridized carbons (Fsp3) is 0.600. The molecule has 11 nitrogen and oxygen atoms in total. The number of amides is 1. The molecule has 6 N–H and O–H groups in total. The number of nitrogens with two attached hydrogens (primary N) is 1. The summed E-state index contributed by atoms with van der Waals surface area (Å²) in [6.07, 6.45) is 7.63. The number of fused-ring (bicyclic) bond motifs is 5. The molecule has 1 amide bonds. The Kier molecular flexibility index (Phi) is 8.29. The lowest BCUT2D eigenvalue weighted by Gasteiger charge is -2.54. The highest BCUT2D eigenvalue weighted by molar-refractivity contribution is 6.25. The Hall–Kier alpha value is -3.70. The second-order valence-corrected chi connectivity index (χ2v) is 14.4. The molecule has 5 aliphatic carbocycles. The van der Waals surface area contributed by atoms with Gasteiger partial charge in [0.25, 0.3) is 5.91 Å². The average molecular weight is 637 g/mol. The van der Waals surface area contributed by atoms with Crippen LogP contribution in [0.25, 0.3) is 0 Å². The molecule has 1 aromatic carbocycles. The minimum atomic E-state index is -2.94. The number of ketones is 2. The number of carbonyl (C=O) groups is 4. The molecular weight excluding hydrogens is 592 g/mol.